The van der Waals surface area contributed by atoms with E-state index in [1.165, 1.54) is 13.8 Å². The summed E-state index contributed by atoms with van der Waals surface area (Å²) in [5, 5.41) is 13.0. The van der Waals surface area contributed by atoms with E-state index in [1.54, 1.807) is 0 Å². The lowest BCUT2D eigenvalue weighted by Crippen LogP contribution is -2.48. The molecule has 0 aliphatic carbocycles. The average Bonchev–Trinajstić information content (AvgIpc) is 1.98. The van der Waals surface area contributed by atoms with Crippen LogP contribution in [-0.4, -0.2) is 49.6 Å². The topological polar surface area (TPSA) is 113 Å². The fraction of sp³-hybridized carbons (Fsp3) is 0.750. The molecule has 0 aliphatic heterocycles. The molecule has 2 atom stereocenters. The minimum Gasteiger partial charge on any atom is -0.480 e. The highest BCUT2D eigenvalue weighted by molar-refractivity contribution is 7.90. The van der Waals surface area contributed by atoms with Gasteiger partial charge in [0, 0.05) is 12.3 Å². The van der Waals surface area contributed by atoms with Gasteiger partial charge in [0.1, 0.15) is 15.9 Å². The van der Waals surface area contributed by atoms with Crippen molar-refractivity contribution < 1.29 is 23.1 Å². The predicted molar refractivity (Wildman–Crippen MR) is 57.9 cm³/mol. The summed E-state index contributed by atoms with van der Waals surface area (Å²) in [6, 6.07) is -2.30. The number of urea groups is 1. The lowest BCUT2D eigenvalue weighted by atomic mass is 10.3. The summed E-state index contributed by atoms with van der Waals surface area (Å²) in [6.45, 7) is 2.83. The number of sulfone groups is 1. The third kappa shape index (κ3) is 7.04. The SMILES string of the molecule is CC(CS(C)(=O)=O)NC(=O)N[C@@H](C)C(=O)O. The Morgan fingerprint density at radius 1 is 1.25 bits per heavy atom. The maximum Gasteiger partial charge on any atom is 0.325 e. The number of carbonyl (C=O) groups excluding carboxylic acids is 1. The van der Waals surface area contributed by atoms with E-state index in [0.717, 1.165) is 6.26 Å². The number of amides is 2. The van der Waals surface area contributed by atoms with Gasteiger partial charge in [0.05, 0.1) is 5.75 Å². The summed E-state index contributed by atoms with van der Waals surface area (Å²) in [6.07, 6.45) is 1.06. The van der Waals surface area contributed by atoms with Crippen LogP contribution in [0.25, 0.3) is 0 Å². The number of carbonyl (C=O) groups is 2. The molecule has 0 rings (SSSR count). The van der Waals surface area contributed by atoms with Crippen LogP contribution in [0.1, 0.15) is 13.8 Å². The van der Waals surface area contributed by atoms with Crippen molar-refractivity contribution >= 4 is 21.8 Å². The Morgan fingerprint density at radius 2 is 1.75 bits per heavy atom. The molecule has 0 heterocycles. The Balaban J connectivity index is 4.11. The maximum absolute atomic E-state index is 11.2. The summed E-state index contributed by atoms with van der Waals surface area (Å²) >= 11 is 0. The Labute approximate surface area is 94.1 Å². The van der Waals surface area contributed by atoms with Gasteiger partial charge < -0.3 is 15.7 Å². The maximum atomic E-state index is 11.2. The number of hydrogen-bond acceptors (Lipinski definition) is 4. The van der Waals surface area contributed by atoms with Crippen LogP contribution in [-0.2, 0) is 14.6 Å². The van der Waals surface area contributed by atoms with E-state index >= 15 is 0 Å². The van der Waals surface area contributed by atoms with Gasteiger partial charge in [-0.15, -0.1) is 0 Å². The third-order valence-corrected chi connectivity index (χ3v) is 2.75. The fourth-order valence-electron chi connectivity index (χ4n) is 1.02. The van der Waals surface area contributed by atoms with Crippen LogP contribution in [0.5, 0.6) is 0 Å². The quantitative estimate of drug-likeness (QED) is 0.592. The predicted octanol–water partition coefficient (Wildman–Crippen LogP) is -0.808. The van der Waals surface area contributed by atoms with Gasteiger partial charge in [-0.05, 0) is 13.8 Å². The van der Waals surface area contributed by atoms with Gasteiger partial charge in [0.15, 0.2) is 0 Å². The van der Waals surface area contributed by atoms with Crippen LogP contribution in [0.3, 0.4) is 0 Å². The van der Waals surface area contributed by atoms with Crippen LogP contribution in [0.4, 0.5) is 4.79 Å². The monoisotopic (exact) mass is 252 g/mol. The normalized spacial score (nSPS) is 14.9. The zero-order valence-corrected chi connectivity index (χ0v) is 10.2. The van der Waals surface area contributed by atoms with Crippen LogP contribution < -0.4 is 10.6 Å². The molecule has 0 spiro atoms. The first-order valence-corrected chi connectivity index (χ1v) is 6.65. The van der Waals surface area contributed by atoms with Crippen molar-refractivity contribution in [1.82, 2.24) is 10.6 Å². The van der Waals surface area contributed by atoms with E-state index in [9.17, 15) is 18.0 Å². The molecular weight excluding hydrogens is 236 g/mol. The Hall–Kier alpha value is -1.31. The molecule has 0 radical (unpaired) electrons. The van der Waals surface area contributed by atoms with Crippen molar-refractivity contribution in [2.24, 2.45) is 0 Å². The first-order valence-electron chi connectivity index (χ1n) is 4.59. The Kier molecular flexibility index (Phi) is 5.22. The van der Waals surface area contributed by atoms with Crippen LogP contribution >= 0.6 is 0 Å². The van der Waals surface area contributed by atoms with Gasteiger partial charge in [0.2, 0.25) is 0 Å². The number of nitrogens with one attached hydrogen (secondary N) is 2. The zero-order chi connectivity index (χ0) is 12.9. The molecule has 3 N–H and O–H groups in total. The fourth-order valence-corrected chi connectivity index (χ4v) is 2.01. The van der Waals surface area contributed by atoms with E-state index in [0.29, 0.717) is 0 Å². The van der Waals surface area contributed by atoms with E-state index in [4.69, 9.17) is 5.11 Å². The van der Waals surface area contributed by atoms with Gasteiger partial charge in [0.25, 0.3) is 0 Å². The summed E-state index contributed by atoms with van der Waals surface area (Å²) in [5.74, 6) is -1.35. The molecular formula is C8H16N2O5S. The van der Waals surface area contributed by atoms with Gasteiger partial charge >= 0.3 is 12.0 Å². The smallest absolute Gasteiger partial charge is 0.325 e. The van der Waals surface area contributed by atoms with Crippen molar-refractivity contribution in [3.05, 3.63) is 0 Å². The second-order valence-corrected chi connectivity index (χ2v) is 5.86. The van der Waals surface area contributed by atoms with Gasteiger partial charge in [-0.25, -0.2) is 13.2 Å². The van der Waals surface area contributed by atoms with E-state index in [-0.39, 0.29) is 5.75 Å². The number of carboxylic acid groups (broad SMARTS) is 1. The van der Waals surface area contributed by atoms with E-state index < -0.39 is 33.9 Å². The van der Waals surface area contributed by atoms with Crippen molar-refractivity contribution in [3.63, 3.8) is 0 Å². The molecule has 8 heteroatoms. The van der Waals surface area contributed by atoms with Crippen LogP contribution in [0.15, 0.2) is 0 Å². The molecule has 7 nitrogen and oxygen atoms in total. The molecule has 2 amide bonds. The average molecular weight is 252 g/mol. The van der Waals surface area contributed by atoms with E-state index in [2.05, 4.69) is 10.6 Å². The molecule has 0 bridgehead atoms. The largest absolute Gasteiger partial charge is 0.480 e. The number of rotatable bonds is 5. The van der Waals surface area contributed by atoms with Crippen LogP contribution in [0, 0.1) is 0 Å². The highest BCUT2D eigenvalue weighted by Gasteiger charge is 2.17. The number of hydrogen-bond donors (Lipinski definition) is 3. The summed E-state index contributed by atoms with van der Waals surface area (Å²) in [4.78, 5) is 21.6. The highest BCUT2D eigenvalue weighted by atomic mass is 32.2. The molecule has 0 saturated heterocycles. The van der Waals surface area contributed by atoms with E-state index in [1.807, 2.05) is 0 Å². The number of aliphatic carboxylic acids is 1. The highest BCUT2D eigenvalue weighted by Crippen LogP contribution is 1.90. The first-order chi connectivity index (χ1) is 7.11. The van der Waals surface area contributed by atoms with Crippen molar-refractivity contribution in [3.8, 4) is 0 Å². The molecule has 0 aromatic heterocycles. The molecule has 0 aromatic carbocycles. The lowest BCUT2D eigenvalue weighted by Gasteiger charge is -2.15. The second kappa shape index (κ2) is 5.69. The van der Waals surface area contributed by atoms with Crippen molar-refractivity contribution in [2.45, 2.75) is 25.9 Å². The second-order valence-electron chi connectivity index (χ2n) is 3.67. The van der Waals surface area contributed by atoms with Gasteiger partial charge in [-0.1, -0.05) is 0 Å². The minimum absolute atomic E-state index is 0.193. The summed E-state index contributed by atoms with van der Waals surface area (Å²) < 4.78 is 21.8. The van der Waals surface area contributed by atoms with Crippen molar-refractivity contribution in [2.75, 3.05) is 12.0 Å². The van der Waals surface area contributed by atoms with Crippen LogP contribution in [0.2, 0.25) is 0 Å². The first kappa shape index (κ1) is 14.7. The molecule has 0 aliphatic rings. The Morgan fingerprint density at radius 3 is 2.12 bits per heavy atom. The molecule has 94 valence electrons. The molecule has 0 saturated carbocycles. The standard InChI is InChI=1S/C8H16N2O5S/c1-5(4-16(3,14)15)9-8(13)10-6(2)7(11)12/h5-6H,4H2,1-3H3,(H,11,12)(H2,9,10,13)/t5?,6-/m0/s1. The molecule has 0 aromatic rings. The van der Waals surface area contributed by atoms with Gasteiger partial charge in [-0.3, -0.25) is 4.79 Å². The summed E-state index contributed by atoms with van der Waals surface area (Å²) in [5.41, 5.74) is 0. The Bertz CT molecular complexity index is 365. The molecule has 16 heavy (non-hydrogen) atoms. The zero-order valence-electron chi connectivity index (χ0n) is 9.35. The number of carboxylic acids is 1. The lowest BCUT2D eigenvalue weighted by molar-refractivity contribution is -0.138. The molecule has 1 unspecified atom stereocenters. The minimum atomic E-state index is -3.17. The third-order valence-electron chi connectivity index (χ3n) is 1.65. The van der Waals surface area contributed by atoms with Gasteiger partial charge in [-0.2, -0.15) is 0 Å². The summed E-state index contributed by atoms with van der Waals surface area (Å²) in [7, 11) is -3.17. The molecule has 0 fully saturated rings. The van der Waals surface area contributed by atoms with Crippen molar-refractivity contribution in [1.29, 1.82) is 0 Å².